The van der Waals surface area contributed by atoms with Crippen LogP contribution in [0.4, 0.5) is 0 Å². The molecule has 2 aromatic rings. The molecule has 1 heterocycles. The van der Waals surface area contributed by atoms with Crippen molar-refractivity contribution in [1.29, 1.82) is 0 Å². The first kappa shape index (κ1) is 13.5. The molecule has 0 radical (unpaired) electrons. The van der Waals surface area contributed by atoms with Crippen LogP contribution in [0, 0.1) is 0 Å². The molecule has 0 aliphatic rings. The third kappa shape index (κ3) is 2.92. The second kappa shape index (κ2) is 6.31. The van der Waals surface area contributed by atoms with Crippen LogP contribution in [0.2, 0.25) is 0 Å². The van der Waals surface area contributed by atoms with Crippen LogP contribution in [0.3, 0.4) is 0 Å². The normalized spacial score (nSPS) is 13.8. The summed E-state index contributed by atoms with van der Waals surface area (Å²) < 4.78 is 5.34. The van der Waals surface area contributed by atoms with E-state index in [4.69, 9.17) is 10.5 Å². The van der Waals surface area contributed by atoms with E-state index < -0.39 is 6.10 Å². The number of nitrogens with two attached hydrogens (primary N) is 1. The van der Waals surface area contributed by atoms with Gasteiger partial charge in [-0.25, -0.2) is 0 Å². The predicted molar refractivity (Wildman–Crippen MR) is 74.0 cm³/mol. The highest BCUT2D eigenvalue weighted by molar-refractivity contribution is 5.38. The Hall–Kier alpha value is -1.91. The van der Waals surface area contributed by atoms with Crippen molar-refractivity contribution in [2.45, 2.75) is 12.0 Å². The molecule has 0 fully saturated rings. The van der Waals surface area contributed by atoms with Crippen LogP contribution in [0.5, 0.6) is 5.75 Å². The molecule has 2 unspecified atom stereocenters. The zero-order chi connectivity index (χ0) is 13.7. The summed E-state index contributed by atoms with van der Waals surface area (Å²) in [4.78, 5) is 3.95. The minimum atomic E-state index is -0.677. The van der Waals surface area contributed by atoms with E-state index in [2.05, 4.69) is 4.98 Å². The first-order valence-electron chi connectivity index (χ1n) is 6.19. The lowest BCUT2D eigenvalue weighted by Crippen LogP contribution is -2.20. The molecular formula is C15H18N2O2. The fourth-order valence-corrected chi connectivity index (χ4v) is 2.19. The molecular weight excluding hydrogens is 240 g/mol. The molecule has 0 amide bonds. The first-order chi connectivity index (χ1) is 9.27. The molecule has 0 aliphatic carbocycles. The second-order valence-electron chi connectivity index (χ2n) is 4.31. The average molecular weight is 258 g/mol. The summed E-state index contributed by atoms with van der Waals surface area (Å²) in [6, 6.07) is 11.2. The zero-order valence-electron chi connectivity index (χ0n) is 10.9. The molecule has 1 aromatic heterocycles. The highest BCUT2D eigenvalue weighted by Crippen LogP contribution is 2.34. The first-order valence-corrected chi connectivity index (χ1v) is 6.19. The molecule has 0 bridgehead atoms. The van der Waals surface area contributed by atoms with Gasteiger partial charge in [-0.1, -0.05) is 18.2 Å². The van der Waals surface area contributed by atoms with Gasteiger partial charge in [0.15, 0.2) is 0 Å². The van der Waals surface area contributed by atoms with Crippen molar-refractivity contribution in [2.24, 2.45) is 5.73 Å². The van der Waals surface area contributed by atoms with E-state index in [1.807, 2.05) is 24.3 Å². The molecule has 0 saturated carbocycles. The number of benzene rings is 1. The van der Waals surface area contributed by atoms with Gasteiger partial charge in [0.25, 0.3) is 0 Å². The molecule has 2 rings (SSSR count). The lowest BCUT2D eigenvalue weighted by Gasteiger charge is -2.23. The Labute approximate surface area is 112 Å². The van der Waals surface area contributed by atoms with Crippen LogP contribution in [0.15, 0.2) is 48.8 Å². The summed E-state index contributed by atoms with van der Waals surface area (Å²) >= 11 is 0. The summed E-state index contributed by atoms with van der Waals surface area (Å²) in [5.41, 5.74) is 7.55. The van der Waals surface area contributed by atoms with E-state index in [9.17, 15) is 5.11 Å². The number of aliphatic hydroxyl groups is 1. The van der Waals surface area contributed by atoms with E-state index in [0.29, 0.717) is 6.54 Å². The number of rotatable bonds is 5. The number of ether oxygens (including phenoxy) is 1. The largest absolute Gasteiger partial charge is 0.496 e. The number of hydrogen-bond donors (Lipinski definition) is 2. The molecule has 3 N–H and O–H groups in total. The van der Waals surface area contributed by atoms with Crippen molar-refractivity contribution < 1.29 is 9.84 Å². The molecule has 19 heavy (non-hydrogen) atoms. The van der Waals surface area contributed by atoms with Gasteiger partial charge in [0.2, 0.25) is 0 Å². The Balaban J connectivity index is 2.34. The Bertz CT molecular complexity index is 517. The molecule has 0 saturated heterocycles. The molecule has 0 spiro atoms. The van der Waals surface area contributed by atoms with Gasteiger partial charge in [-0.3, -0.25) is 4.98 Å². The molecule has 4 heteroatoms. The number of aromatic nitrogens is 1. The Kier molecular flexibility index (Phi) is 4.49. The molecule has 100 valence electrons. The minimum Gasteiger partial charge on any atom is -0.496 e. The number of pyridine rings is 1. The van der Waals surface area contributed by atoms with Gasteiger partial charge in [-0.2, -0.15) is 0 Å². The summed E-state index contributed by atoms with van der Waals surface area (Å²) in [6.45, 7) is 0.337. The van der Waals surface area contributed by atoms with Crippen molar-refractivity contribution in [2.75, 3.05) is 13.7 Å². The summed E-state index contributed by atoms with van der Waals surface area (Å²) in [5, 5.41) is 10.5. The summed E-state index contributed by atoms with van der Waals surface area (Å²) in [7, 11) is 1.62. The average Bonchev–Trinajstić information content (AvgIpc) is 2.49. The van der Waals surface area contributed by atoms with E-state index in [0.717, 1.165) is 16.9 Å². The Morgan fingerprint density at radius 3 is 2.53 bits per heavy atom. The van der Waals surface area contributed by atoms with Gasteiger partial charge < -0.3 is 15.6 Å². The number of para-hydroxylation sites is 1. The van der Waals surface area contributed by atoms with E-state index in [1.54, 1.807) is 31.6 Å². The molecule has 1 aromatic carbocycles. The van der Waals surface area contributed by atoms with Crippen LogP contribution < -0.4 is 10.5 Å². The van der Waals surface area contributed by atoms with E-state index in [-0.39, 0.29) is 5.92 Å². The maximum Gasteiger partial charge on any atom is 0.122 e. The number of nitrogens with zero attached hydrogens (tertiary/aromatic N) is 1. The van der Waals surface area contributed by atoms with Crippen molar-refractivity contribution in [3.63, 3.8) is 0 Å². The van der Waals surface area contributed by atoms with Gasteiger partial charge in [0.1, 0.15) is 5.75 Å². The standard InChI is InChI=1S/C15H18N2O2/c1-19-14-5-3-2-4-12(14)13(10-16)15(18)11-6-8-17-9-7-11/h2-9,13,15,18H,10,16H2,1H3. The fraction of sp³-hybridized carbons (Fsp3) is 0.267. The fourth-order valence-electron chi connectivity index (χ4n) is 2.19. The Morgan fingerprint density at radius 2 is 1.89 bits per heavy atom. The van der Waals surface area contributed by atoms with Crippen molar-refractivity contribution in [1.82, 2.24) is 4.98 Å². The van der Waals surface area contributed by atoms with Crippen LogP contribution in [0.1, 0.15) is 23.1 Å². The van der Waals surface area contributed by atoms with E-state index in [1.165, 1.54) is 0 Å². The lowest BCUT2D eigenvalue weighted by atomic mass is 9.89. The zero-order valence-corrected chi connectivity index (χ0v) is 10.9. The maximum absolute atomic E-state index is 10.5. The van der Waals surface area contributed by atoms with Gasteiger partial charge in [0, 0.05) is 30.4 Å². The Morgan fingerprint density at radius 1 is 1.21 bits per heavy atom. The predicted octanol–water partition coefficient (Wildman–Crippen LogP) is 1.87. The molecule has 4 nitrogen and oxygen atoms in total. The third-order valence-corrected chi connectivity index (χ3v) is 3.22. The van der Waals surface area contributed by atoms with Crippen molar-refractivity contribution in [3.8, 4) is 5.75 Å². The number of hydrogen-bond acceptors (Lipinski definition) is 4. The van der Waals surface area contributed by atoms with Gasteiger partial charge >= 0.3 is 0 Å². The second-order valence-corrected chi connectivity index (χ2v) is 4.31. The quantitative estimate of drug-likeness (QED) is 0.859. The maximum atomic E-state index is 10.5. The topological polar surface area (TPSA) is 68.4 Å². The van der Waals surface area contributed by atoms with Crippen molar-refractivity contribution in [3.05, 3.63) is 59.9 Å². The lowest BCUT2D eigenvalue weighted by molar-refractivity contribution is 0.146. The molecule has 2 atom stereocenters. The summed E-state index contributed by atoms with van der Waals surface area (Å²) in [5.74, 6) is 0.532. The van der Waals surface area contributed by atoms with Gasteiger partial charge in [0.05, 0.1) is 13.2 Å². The van der Waals surface area contributed by atoms with Crippen LogP contribution >= 0.6 is 0 Å². The number of aliphatic hydroxyl groups excluding tert-OH is 1. The van der Waals surface area contributed by atoms with E-state index >= 15 is 0 Å². The monoisotopic (exact) mass is 258 g/mol. The highest BCUT2D eigenvalue weighted by atomic mass is 16.5. The number of methoxy groups -OCH3 is 1. The van der Waals surface area contributed by atoms with Crippen LogP contribution in [-0.2, 0) is 0 Å². The van der Waals surface area contributed by atoms with Gasteiger partial charge in [-0.15, -0.1) is 0 Å². The molecule has 0 aliphatic heterocycles. The van der Waals surface area contributed by atoms with Gasteiger partial charge in [-0.05, 0) is 23.8 Å². The summed E-state index contributed by atoms with van der Waals surface area (Å²) in [6.07, 6.45) is 2.65. The minimum absolute atomic E-state index is 0.210. The van der Waals surface area contributed by atoms with Crippen molar-refractivity contribution >= 4 is 0 Å². The highest BCUT2D eigenvalue weighted by Gasteiger charge is 2.24. The SMILES string of the molecule is COc1ccccc1C(CN)C(O)c1ccncc1. The third-order valence-electron chi connectivity index (χ3n) is 3.22. The smallest absolute Gasteiger partial charge is 0.122 e. The van der Waals surface area contributed by atoms with Crippen LogP contribution in [-0.4, -0.2) is 23.7 Å². The van der Waals surface area contributed by atoms with Crippen LogP contribution in [0.25, 0.3) is 0 Å².